The first-order valence-electron chi connectivity index (χ1n) is 9.00. The van der Waals surface area contributed by atoms with Gasteiger partial charge in [0, 0.05) is 24.9 Å². The van der Waals surface area contributed by atoms with E-state index in [1.54, 1.807) is 4.90 Å². The molecule has 0 radical (unpaired) electrons. The van der Waals surface area contributed by atoms with E-state index in [0.717, 1.165) is 37.0 Å². The summed E-state index contributed by atoms with van der Waals surface area (Å²) in [6, 6.07) is 7.96. The first-order valence-corrected chi connectivity index (χ1v) is 9.00. The average molecular weight is 328 g/mol. The van der Waals surface area contributed by atoms with Gasteiger partial charge in [-0.25, -0.2) is 0 Å². The third kappa shape index (κ3) is 2.87. The maximum atomic E-state index is 12.5. The molecule has 24 heavy (non-hydrogen) atoms. The van der Waals surface area contributed by atoms with Gasteiger partial charge in [-0.3, -0.25) is 9.59 Å². The van der Waals surface area contributed by atoms with Gasteiger partial charge in [0.1, 0.15) is 11.4 Å². The summed E-state index contributed by atoms with van der Waals surface area (Å²) in [4.78, 5) is 25.9. The lowest BCUT2D eigenvalue weighted by Gasteiger charge is -2.40. The Morgan fingerprint density at radius 1 is 1.25 bits per heavy atom. The van der Waals surface area contributed by atoms with Gasteiger partial charge < -0.3 is 15.0 Å². The van der Waals surface area contributed by atoms with Crippen molar-refractivity contribution in [3.63, 3.8) is 0 Å². The quantitative estimate of drug-likeness (QED) is 0.928. The molecule has 3 aliphatic rings. The molecule has 1 unspecified atom stereocenters. The van der Waals surface area contributed by atoms with Crippen LogP contribution in [-0.2, 0) is 9.59 Å². The van der Waals surface area contributed by atoms with E-state index in [1.165, 1.54) is 12.8 Å². The van der Waals surface area contributed by atoms with Crippen LogP contribution in [0.5, 0.6) is 5.75 Å². The van der Waals surface area contributed by atoms with Gasteiger partial charge in [0.15, 0.2) is 0 Å². The molecule has 5 heteroatoms. The van der Waals surface area contributed by atoms with Crippen molar-refractivity contribution in [3.05, 3.63) is 29.8 Å². The molecule has 2 fully saturated rings. The van der Waals surface area contributed by atoms with Crippen molar-refractivity contribution in [2.75, 3.05) is 13.1 Å². The molecule has 2 heterocycles. The topological polar surface area (TPSA) is 58.6 Å². The van der Waals surface area contributed by atoms with Crippen molar-refractivity contribution in [3.8, 4) is 5.75 Å². The molecular formula is C19H24N2O3. The van der Waals surface area contributed by atoms with E-state index in [1.807, 2.05) is 24.3 Å². The van der Waals surface area contributed by atoms with Crippen LogP contribution in [0.1, 0.15) is 56.6 Å². The van der Waals surface area contributed by atoms with Crippen molar-refractivity contribution in [1.82, 2.24) is 10.2 Å². The van der Waals surface area contributed by atoms with E-state index in [9.17, 15) is 9.59 Å². The smallest absolute Gasteiger partial charge is 0.240 e. The molecular weight excluding hydrogens is 304 g/mol. The van der Waals surface area contributed by atoms with E-state index in [0.29, 0.717) is 13.0 Å². The molecule has 1 aliphatic carbocycles. The van der Waals surface area contributed by atoms with E-state index >= 15 is 0 Å². The van der Waals surface area contributed by atoms with Gasteiger partial charge in [0.25, 0.3) is 0 Å². The zero-order valence-corrected chi connectivity index (χ0v) is 13.9. The van der Waals surface area contributed by atoms with Crippen molar-refractivity contribution in [1.29, 1.82) is 0 Å². The van der Waals surface area contributed by atoms with Crippen LogP contribution >= 0.6 is 0 Å². The first-order chi connectivity index (χ1) is 11.7. The average Bonchev–Trinajstić information content (AvgIpc) is 3.17. The molecule has 1 aromatic rings. The summed E-state index contributed by atoms with van der Waals surface area (Å²) in [5.74, 6) is 0.915. The Morgan fingerprint density at radius 3 is 2.79 bits per heavy atom. The fourth-order valence-electron chi connectivity index (χ4n) is 4.36. The SMILES string of the molecule is O=C(CN1CCCC1=O)NC1CC2(CCCC2)Oc2ccccc21. The predicted octanol–water partition coefficient (Wildman–Crippen LogP) is 2.56. The Kier molecular flexibility index (Phi) is 3.94. The summed E-state index contributed by atoms with van der Waals surface area (Å²) in [7, 11) is 0. The minimum absolute atomic E-state index is 0.0294. The van der Waals surface area contributed by atoms with Gasteiger partial charge >= 0.3 is 0 Å². The zero-order valence-electron chi connectivity index (χ0n) is 13.9. The number of benzene rings is 1. The molecule has 2 aliphatic heterocycles. The van der Waals surface area contributed by atoms with Crippen LogP contribution in [0.15, 0.2) is 24.3 Å². The van der Waals surface area contributed by atoms with E-state index in [2.05, 4.69) is 5.32 Å². The fraction of sp³-hybridized carbons (Fsp3) is 0.579. The Labute approximate surface area is 142 Å². The molecule has 1 atom stereocenters. The van der Waals surface area contributed by atoms with Gasteiger partial charge in [0.05, 0.1) is 12.6 Å². The number of nitrogens with one attached hydrogen (secondary N) is 1. The summed E-state index contributed by atoms with van der Waals surface area (Å²) >= 11 is 0. The maximum Gasteiger partial charge on any atom is 0.240 e. The van der Waals surface area contributed by atoms with Crippen LogP contribution < -0.4 is 10.1 Å². The third-order valence-corrected chi connectivity index (χ3v) is 5.55. The number of ether oxygens (including phenoxy) is 1. The van der Waals surface area contributed by atoms with Gasteiger partial charge in [-0.2, -0.15) is 0 Å². The molecule has 1 saturated carbocycles. The Morgan fingerprint density at radius 2 is 2.04 bits per heavy atom. The summed E-state index contributed by atoms with van der Waals surface area (Å²) in [5, 5.41) is 3.16. The lowest BCUT2D eigenvalue weighted by molar-refractivity contribution is -0.133. The largest absolute Gasteiger partial charge is 0.487 e. The second-order valence-electron chi connectivity index (χ2n) is 7.27. The van der Waals surface area contributed by atoms with Crippen LogP contribution in [0.2, 0.25) is 0 Å². The van der Waals surface area contributed by atoms with Crippen LogP contribution in [0.4, 0.5) is 0 Å². The molecule has 1 aromatic carbocycles. The van der Waals surface area contributed by atoms with Gasteiger partial charge in [-0.15, -0.1) is 0 Å². The Hall–Kier alpha value is -2.04. The van der Waals surface area contributed by atoms with Crippen molar-refractivity contribution in [2.24, 2.45) is 0 Å². The van der Waals surface area contributed by atoms with Crippen molar-refractivity contribution in [2.45, 2.75) is 56.6 Å². The lowest BCUT2D eigenvalue weighted by Crippen LogP contribution is -2.45. The van der Waals surface area contributed by atoms with Crippen LogP contribution in [0.25, 0.3) is 0 Å². The number of carbonyl (C=O) groups is 2. The highest BCUT2D eigenvalue weighted by Crippen LogP contribution is 2.46. The number of hydrogen-bond donors (Lipinski definition) is 1. The standard InChI is InChI=1S/C19H24N2O3/c22-17(13-21-11-5-8-18(21)23)20-15-12-19(9-3-4-10-19)24-16-7-2-1-6-14(15)16/h1-2,6-7,15H,3-5,8-13H2,(H,20,22). The minimum Gasteiger partial charge on any atom is -0.487 e. The first kappa shape index (κ1) is 15.5. The van der Waals surface area contributed by atoms with Crippen molar-refractivity contribution < 1.29 is 14.3 Å². The molecule has 1 spiro atoms. The van der Waals surface area contributed by atoms with Crippen LogP contribution in [-0.4, -0.2) is 35.4 Å². The van der Waals surface area contributed by atoms with Gasteiger partial charge in [-0.05, 0) is 38.2 Å². The predicted molar refractivity (Wildman–Crippen MR) is 89.6 cm³/mol. The highest BCUT2D eigenvalue weighted by molar-refractivity contribution is 5.86. The highest BCUT2D eigenvalue weighted by Gasteiger charge is 2.43. The van der Waals surface area contributed by atoms with Crippen LogP contribution in [0.3, 0.4) is 0 Å². The molecule has 128 valence electrons. The number of likely N-dealkylation sites (tertiary alicyclic amines) is 1. The molecule has 1 saturated heterocycles. The van der Waals surface area contributed by atoms with Gasteiger partial charge in [-0.1, -0.05) is 18.2 Å². The highest BCUT2D eigenvalue weighted by atomic mass is 16.5. The van der Waals surface area contributed by atoms with E-state index in [-0.39, 0.29) is 30.0 Å². The maximum absolute atomic E-state index is 12.5. The summed E-state index contributed by atoms with van der Waals surface area (Å²) in [6.07, 6.45) is 6.72. The molecule has 1 N–H and O–H groups in total. The molecule has 5 nitrogen and oxygen atoms in total. The molecule has 4 rings (SSSR count). The molecule has 0 aromatic heterocycles. The number of hydrogen-bond acceptors (Lipinski definition) is 3. The van der Waals surface area contributed by atoms with E-state index in [4.69, 9.17) is 4.74 Å². The number of carbonyl (C=O) groups excluding carboxylic acids is 2. The number of rotatable bonds is 3. The van der Waals surface area contributed by atoms with Crippen LogP contribution in [0, 0.1) is 0 Å². The zero-order chi connectivity index (χ0) is 16.6. The van der Waals surface area contributed by atoms with E-state index < -0.39 is 0 Å². The molecule has 2 amide bonds. The number of fused-ring (bicyclic) bond motifs is 1. The van der Waals surface area contributed by atoms with Crippen molar-refractivity contribution >= 4 is 11.8 Å². The van der Waals surface area contributed by atoms with Gasteiger partial charge in [0.2, 0.25) is 11.8 Å². The summed E-state index contributed by atoms with van der Waals surface area (Å²) in [5.41, 5.74) is 0.923. The summed E-state index contributed by atoms with van der Waals surface area (Å²) in [6.45, 7) is 0.867. The Bertz CT molecular complexity index is 652. The lowest BCUT2D eigenvalue weighted by atomic mass is 9.86. The number of para-hydroxylation sites is 1. The Balaban J connectivity index is 1.50. The fourth-order valence-corrected chi connectivity index (χ4v) is 4.36. The normalized spacial score (nSPS) is 24.8. The second-order valence-corrected chi connectivity index (χ2v) is 7.27. The second kappa shape index (κ2) is 6.11. The summed E-state index contributed by atoms with van der Waals surface area (Å²) < 4.78 is 6.33. The number of amides is 2. The minimum atomic E-state index is -0.129. The molecule has 0 bridgehead atoms. The monoisotopic (exact) mass is 328 g/mol. The third-order valence-electron chi connectivity index (χ3n) is 5.55. The number of nitrogens with zero attached hydrogens (tertiary/aromatic N) is 1.